The van der Waals surface area contributed by atoms with Crippen LogP contribution in [0.4, 0.5) is 0 Å². The van der Waals surface area contributed by atoms with E-state index in [1.165, 1.54) is 17.6 Å². The van der Waals surface area contributed by atoms with Crippen molar-refractivity contribution in [3.05, 3.63) is 77.2 Å². The highest BCUT2D eigenvalue weighted by molar-refractivity contribution is 7.13. The van der Waals surface area contributed by atoms with Crippen molar-refractivity contribution < 1.29 is 14.3 Å². The first-order valence-electron chi connectivity index (χ1n) is 8.16. The summed E-state index contributed by atoms with van der Waals surface area (Å²) in [5, 5.41) is 2.08. The molecule has 0 spiro atoms. The average molecular weight is 352 g/mol. The minimum atomic E-state index is -0.189. The molecule has 0 aliphatic heterocycles. The van der Waals surface area contributed by atoms with E-state index in [1.807, 2.05) is 24.3 Å². The lowest BCUT2D eigenvalue weighted by molar-refractivity contribution is -0.140. The van der Waals surface area contributed by atoms with Gasteiger partial charge in [-0.1, -0.05) is 36.4 Å². The van der Waals surface area contributed by atoms with Crippen LogP contribution in [0.1, 0.15) is 17.5 Å². The zero-order valence-electron chi connectivity index (χ0n) is 14.1. The quantitative estimate of drug-likeness (QED) is 0.555. The molecule has 0 saturated carbocycles. The number of aryl methyl sites for hydroxylation is 1. The van der Waals surface area contributed by atoms with Crippen LogP contribution in [0.15, 0.2) is 66.0 Å². The number of ether oxygens (including phenoxy) is 2. The average Bonchev–Trinajstić information content (AvgIpc) is 3.20. The minimum Gasteiger partial charge on any atom is -0.489 e. The van der Waals surface area contributed by atoms with Crippen molar-refractivity contribution in [2.24, 2.45) is 0 Å². The van der Waals surface area contributed by atoms with Crippen LogP contribution in [-0.2, 0) is 22.6 Å². The van der Waals surface area contributed by atoms with Gasteiger partial charge in [-0.15, -0.1) is 11.3 Å². The van der Waals surface area contributed by atoms with Gasteiger partial charge >= 0.3 is 5.97 Å². The van der Waals surface area contributed by atoms with Crippen LogP contribution >= 0.6 is 11.3 Å². The molecule has 0 saturated heterocycles. The first-order valence-corrected chi connectivity index (χ1v) is 9.04. The molecular weight excluding hydrogens is 332 g/mol. The standard InChI is InChI=1S/C21H20O3S/c1-23-21(22)12-9-16-7-10-19(11-8-16)24-15-17-4-2-5-18(14-17)20-6-3-13-25-20/h2-8,10-11,13-14H,9,12,15H2,1H3. The third-order valence-electron chi connectivity index (χ3n) is 3.91. The molecule has 0 bridgehead atoms. The maximum atomic E-state index is 11.2. The summed E-state index contributed by atoms with van der Waals surface area (Å²) in [6.07, 6.45) is 1.07. The molecule has 0 unspecified atom stereocenters. The Morgan fingerprint density at radius 2 is 1.84 bits per heavy atom. The minimum absolute atomic E-state index is 0.189. The van der Waals surface area contributed by atoms with Gasteiger partial charge in [-0.2, -0.15) is 0 Å². The predicted molar refractivity (Wildman–Crippen MR) is 101 cm³/mol. The fourth-order valence-corrected chi connectivity index (χ4v) is 3.25. The van der Waals surface area contributed by atoms with Crippen LogP contribution in [0.25, 0.3) is 10.4 Å². The maximum Gasteiger partial charge on any atom is 0.305 e. The molecule has 128 valence electrons. The highest BCUT2D eigenvalue weighted by atomic mass is 32.1. The van der Waals surface area contributed by atoms with Gasteiger partial charge in [0.2, 0.25) is 0 Å². The maximum absolute atomic E-state index is 11.2. The van der Waals surface area contributed by atoms with E-state index < -0.39 is 0 Å². The number of thiophene rings is 1. The lowest BCUT2D eigenvalue weighted by Crippen LogP contribution is -2.02. The smallest absolute Gasteiger partial charge is 0.305 e. The summed E-state index contributed by atoms with van der Waals surface area (Å²) < 4.78 is 10.5. The van der Waals surface area contributed by atoms with E-state index in [9.17, 15) is 4.79 Å². The SMILES string of the molecule is COC(=O)CCc1ccc(OCc2cccc(-c3cccs3)c2)cc1. The highest BCUT2D eigenvalue weighted by Crippen LogP contribution is 2.25. The summed E-state index contributed by atoms with van der Waals surface area (Å²) in [7, 11) is 1.41. The van der Waals surface area contributed by atoms with Gasteiger partial charge < -0.3 is 9.47 Å². The number of esters is 1. The fraction of sp³-hybridized carbons (Fsp3) is 0.190. The molecule has 25 heavy (non-hydrogen) atoms. The van der Waals surface area contributed by atoms with Crippen LogP contribution in [0.3, 0.4) is 0 Å². The van der Waals surface area contributed by atoms with Crippen molar-refractivity contribution in [2.45, 2.75) is 19.4 Å². The van der Waals surface area contributed by atoms with Crippen molar-refractivity contribution in [1.29, 1.82) is 0 Å². The Bertz CT molecular complexity index is 807. The summed E-state index contributed by atoms with van der Waals surface area (Å²) in [6.45, 7) is 0.528. The molecule has 1 heterocycles. The molecule has 0 atom stereocenters. The molecule has 3 rings (SSSR count). The number of benzene rings is 2. The first-order chi connectivity index (χ1) is 12.2. The zero-order chi connectivity index (χ0) is 17.5. The van der Waals surface area contributed by atoms with E-state index in [1.54, 1.807) is 11.3 Å². The lowest BCUT2D eigenvalue weighted by Gasteiger charge is -2.08. The molecule has 3 nitrogen and oxygen atoms in total. The Kier molecular flexibility index (Phi) is 5.86. The van der Waals surface area contributed by atoms with Gasteiger partial charge in [0, 0.05) is 11.3 Å². The highest BCUT2D eigenvalue weighted by Gasteiger charge is 2.03. The topological polar surface area (TPSA) is 35.5 Å². The Morgan fingerprint density at radius 3 is 2.56 bits per heavy atom. The summed E-state index contributed by atoms with van der Waals surface area (Å²) in [5.74, 6) is 0.634. The Morgan fingerprint density at radius 1 is 1.00 bits per heavy atom. The van der Waals surface area contributed by atoms with Crippen molar-refractivity contribution in [3.8, 4) is 16.2 Å². The second-order valence-electron chi connectivity index (χ2n) is 5.69. The second kappa shape index (κ2) is 8.49. The van der Waals surface area contributed by atoms with Crippen molar-refractivity contribution in [1.82, 2.24) is 0 Å². The van der Waals surface area contributed by atoms with Gasteiger partial charge in [-0.05, 0) is 52.8 Å². The molecule has 3 aromatic rings. The number of hydrogen-bond donors (Lipinski definition) is 0. The van der Waals surface area contributed by atoms with Gasteiger partial charge in [0.1, 0.15) is 12.4 Å². The Hall–Kier alpha value is -2.59. The third-order valence-corrected chi connectivity index (χ3v) is 4.83. The second-order valence-corrected chi connectivity index (χ2v) is 6.63. The van der Waals surface area contributed by atoms with E-state index in [-0.39, 0.29) is 5.97 Å². The van der Waals surface area contributed by atoms with Gasteiger partial charge in [0.15, 0.2) is 0 Å². The largest absolute Gasteiger partial charge is 0.489 e. The van der Waals surface area contributed by atoms with Crippen LogP contribution in [0.5, 0.6) is 5.75 Å². The number of hydrogen-bond acceptors (Lipinski definition) is 4. The fourth-order valence-electron chi connectivity index (χ4n) is 2.52. The van der Waals surface area contributed by atoms with E-state index in [2.05, 4.69) is 46.5 Å². The van der Waals surface area contributed by atoms with Crippen LogP contribution < -0.4 is 4.74 Å². The summed E-state index contributed by atoms with van der Waals surface area (Å²) >= 11 is 1.74. The van der Waals surface area contributed by atoms with Gasteiger partial charge in [-0.25, -0.2) is 0 Å². The van der Waals surface area contributed by atoms with Crippen LogP contribution in [-0.4, -0.2) is 13.1 Å². The van der Waals surface area contributed by atoms with Gasteiger partial charge in [0.25, 0.3) is 0 Å². The normalized spacial score (nSPS) is 10.4. The van der Waals surface area contributed by atoms with Gasteiger partial charge in [-0.3, -0.25) is 4.79 Å². The van der Waals surface area contributed by atoms with E-state index in [0.717, 1.165) is 16.9 Å². The molecule has 1 aromatic heterocycles. The predicted octanol–water partition coefficient (Wildman–Crippen LogP) is 5.10. The number of carbonyl (C=O) groups is 1. The van der Waals surface area contributed by atoms with Crippen molar-refractivity contribution in [3.63, 3.8) is 0 Å². The van der Waals surface area contributed by atoms with Crippen LogP contribution in [0.2, 0.25) is 0 Å². The molecular formula is C21H20O3S. The summed E-state index contributed by atoms with van der Waals surface area (Å²) in [4.78, 5) is 12.4. The number of methoxy groups -OCH3 is 1. The van der Waals surface area contributed by atoms with Gasteiger partial charge in [0.05, 0.1) is 7.11 Å². The van der Waals surface area contributed by atoms with Crippen molar-refractivity contribution in [2.75, 3.05) is 7.11 Å². The lowest BCUT2D eigenvalue weighted by atomic mass is 10.1. The van der Waals surface area contributed by atoms with E-state index >= 15 is 0 Å². The summed E-state index contributed by atoms with van der Waals surface area (Å²) in [5.41, 5.74) is 3.45. The number of carbonyl (C=O) groups excluding carboxylic acids is 1. The zero-order valence-corrected chi connectivity index (χ0v) is 14.9. The molecule has 0 amide bonds. The molecule has 2 aromatic carbocycles. The molecule has 0 aliphatic rings. The van der Waals surface area contributed by atoms with E-state index in [0.29, 0.717) is 19.4 Å². The molecule has 0 N–H and O–H groups in total. The number of rotatable bonds is 7. The Balaban J connectivity index is 1.57. The molecule has 0 radical (unpaired) electrons. The first kappa shape index (κ1) is 17.2. The molecule has 4 heteroatoms. The van der Waals surface area contributed by atoms with Crippen molar-refractivity contribution >= 4 is 17.3 Å². The Labute approximate surface area is 151 Å². The molecule has 0 aliphatic carbocycles. The van der Waals surface area contributed by atoms with E-state index in [4.69, 9.17) is 4.74 Å². The summed E-state index contributed by atoms with van der Waals surface area (Å²) in [6, 6.07) is 20.4. The monoisotopic (exact) mass is 352 g/mol. The van der Waals surface area contributed by atoms with Crippen LogP contribution in [0, 0.1) is 0 Å². The third kappa shape index (κ3) is 4.94. The molecule has 0 fully saturated rings.